The van der Waals surface area contributed by atoms with Gasteiger partial charge in [-0.3, -0.25) is 14.4 Å². The van der Waals surface area contributed by atoms with Crippen LogP contribution in [0.5, 0.6) is 11.5 Å². The molecule has 15 heteroatoms. The summed E-state index contributed by atoms with van der Waals surface area (Å²) in [5, 5.41) is 74.7. The minimum atomic E-state index is -1.74. The number of amides is 3. The summed E-state index contributed by atoms with van der Waals surface area (Å²) in [6, 6.07) is 17.4. The maximum atomic E-state index is 13.6. The van der Waals surface area contributed by atoms with Crippen molar-refractivity contribution in [3.63, 3.8) is 0 Å². The molecule has 7 atom stereocenters. The first kappa shape index (κ1) is 47.0. The SMILES string of the molecule is COc1ccc([C@@H]2C(CC[C@H](O)c3ccc(F)cc3)C(=O)N2c2ccc(CNC(=O)CCCCCCCCCCC(=O)NC[C@H](O)[C@@H](O)[C@H](O)[C@H](O)CO)cc2)c(O)c1. The number of aliphatic hydroxyl groups excluding tert-OH is 6. The van der Waals surface area contributed by atoms with Crippen molar-refractivity contribution in [1.82, 2.24) is 10.6 Å². The molecule has 1 unspecified atom stereocenters. The van der Waals surface area contributed by atoms with Gasteiger partial charge >= 0.3 is 0 Å². The number of unbranched alkanes of at least 4 members (excludes halogenated alkanes) is 7. The molecule has 1 heterocycles. The van der Waals surface area contributed by atoms with E-state index in [1.54, 1.807) is 17.0 Å². The molecule has 0 saturated carbocycles. The van der Waals surface area contributed by atoms with E-state index < -0.39 is 54.9 Å². The molecule has 1 fully saturated rings. The fraction of sp³-hybridized carbons (Fsp3) is 0.523. The lowest BCUT2D eigenvalue weighted by molar-refractivity contribution is -0.131. The maximum Gasteiger partial charge on any atom is 0.233 e. The lowest BCUT2D eigenvalue weighted by Crippen LogP contribution is -2.55. The maximum absolute atomic E-state index is 13.6. The number of β-lactam (4-membered cyclic amide) rings is 1. The number of halogens is 1. The highest BCUT2D eigenvalue weighted by Crippen LogP contribution is 2.49. The van der Waals surface area contributed by atoms with Crippen LogP contribution in [-0.4, -0.2) is 98.1 Å². The van der Waals surface area contributed by atoms with Gasteiger partial charge in [0.25, 0.3) is 0 Å². The van der Waals surface area contributed by atoms with Crippen molar-refractivity contribution in [2.45, 2.75) is 120 Å². The lowest BCUT2D eigenvalue weighted by atomic mass is 9.78. The third-order valence-corrected chi connectivity index (χ3v) is 10.9. The number of rotatable bonds is 26. The van der Waals surface area contributed by atoms with Crippen molar-refractivity contribution in [2.24, 2.45) is 5.92 Å². The number of hydrogen-bond acceptors (Lipinski definition) is 11. The first-order valence-electron chi connectivity index (χ1n) is 20.4. The summed E-state index contributed by atoms with van der Waals surface area (Å²) < 4.78 is 18.7. The van der Waals surface area contributed by atoms with Gasteiger partial charge in [-0.2, -0.15) is 0 Å². The van der Waals surface area contributed by atoms with Crippen LogP contribution in [0.3, 0.4) is 0 Å². The fourth-order valence-electron chi connectivity index (χ4n) is 7.25. The summed E-state index contributed by atoms with van der Waals surface area (Å²) >= 11 is 0. The Balaban J connectivity index is 1.12. The van der Waals surface area contributed by atoms with Crippen molar-refractivity contribution in [3.05, 3.63) is 89.2 Å². The number of hydrogen-bond donors (Lipinski definition) is 9. The van der Waals surface area contributed by atoms with Crippen molar-refractivity contribution < 1.29 is 59.3 Å². The van der Waals surface area contributed by atoms with E-state index in [0.717, 1.165) is 50.5 Å². The average molecular weight is 826 g/mol. The molecular formula is C44H60FN3O11. The summed E-state index contributed by atoms with van der Waals surface area (Å²) in [6.45, 7) is -0.733. The predicted molar refractivity (Wildman–Crippen MR) is 218 cm³/mol. The molecule has 4 rings (SSSR count). The number of aromatic hydroxyl groups is 1. The van der Waals surface area contributed by atoms with Crippen molar-refractivity contribution in [1.29, 1.82) is 0 Å². The van der Waals surface area contributed by atoms with Gasteiger partial charge in [0.05, 0.1) is 37.9 Å². The van der Waals surface area contributed by atoms with E-state index >= 15 is 0 Å². The molecule has 324 valence electrons. The number of aliphatic hydroxyl groups is 6. The van der Waals surface area contributed by atoms with Crippen LogP contribution in [0, 0.1) is 11.7 Å². The van der Waals surface area contributed by atoms with Gasteiger partial charge in [-0.15, -0.1) is 0 Å². The number of phenolic OH excluding ortho intramolecular Hbond substituents is 1. The molecule has 0 spiro atoms. The smallest absolute Gasteiger partial charge is 0.233 e. The first-order chi connectivity index (χ1) is 28.3. The molecule has 14 nitrogen and oxygen atoms in total. The van der Waals surface area contributed by atoms with Crippen LogP contribution in [0.15, 0.2) is 66.7 Å². The van der Waals surface area contributed by atoms with Gasteiger partial charge in [-0.1, -0.05) is 62.8 Å². The van der Waals surface area contributed by atoms with Crippen molar-refractivity contribution in [3.8, 4) is 11.5 Å². The van der Waals surface area contributed by atoms with E-state index in [0.29, 0.717) is 48.4 Å². The van der Waals surface area contributed by atoms with Crippen LogP contribution in [0.1, 0.15) is 106 Å². The lowest BCUT2D eigenvalue weighted by Gasteiger charge is -2.48. The minimum absolute atomic E-state index is 0.0112. The second-order valence-corrected chi connectivity index (χ2v) is 15.2. The van der Waals surface area contributed by atoms with Crippen LogP contribution >= 0.6 is 0 Å². The third kappa shape index (κ3) is 14.0. The summed E-state index contributed by atoms with van der Waals surface area (Å²) in [4.78, 5) is 39.8. The molecule has 1 saturated heterocycles. The number of carbonyl (C=O) groups is 3. The highest BCUT2D eigenvalue weighted by atomic mass is 19.1. The number of nitrogens with zero attached hydrogens (tertiary/aromatic N) is 1. The molecule has 0 aliphatic carbocycles. The van der Waals surface area contributed by atoms with E-state index in [1.165, 1.54) is 37.4 Å². The number of phenols is 1. The molecule has 1 aliphatic heterocycles. The summed E-state index contributed by atoms with van der Waals surface area (Å²) in [5.41, 5.74) is 2.61. The van der Waals surface area contributed by atoms with Gasteiger partial charge in [0.1, 0.15) is 35.6 Å². The van der Waals surface area contributed by atoms with Gasteiger partial charge < -0.3 is 56.0 Å². The predicted octanol–water partition coefficient (Wildman–Crippen LogP) is 3.83. The van der Waals surface area contributed by atoms with Crippen molar-refractivity contribution in [2.75, 3.05) is 25.2 Å². The average Bonchev–Trinajstić information content (AvgIpc) is 3.24. The van der Waals surface area contributed by atoms with Gasteiger partial charge in [0.2, 0.25) is 17.7 Å². The number of carbonyl (C=O) groups excluding carboxylic acids is 3. The van der Waals surface area contributed by atoms with Crippen LogP contribution in [0.2, 0.25) is 0 Å². The fourth-order valence-corrected chi connectivity index (χ4v) is 7.25. The summed E-state index contributed by atoms with van der Waals surface area (Å²) in [7, 11) is 1.50. The molecular weight excluding hydrogens is 765 g/mol. The van der Waals surface area contributed by atoms with E-state index in [1.807, 2.05) is 24.3 Å². The normalized spacial score (nSPS) is 17.7. The second kappa shape index (κ2) is 23.8. The van der Waals surface area contributed by atoms with E-state index in [-0.39, 0.29) is 42.9 Å². The van der Waals surface area contributed by atoms with E-state index in [2.05, 4.69) is 10.6 Å². The van der Waals surface area contributed by atoms with Gasteiger partial charge in [0.15, 0.2) is 0 Å². The van der Waals surface area contributed by atoms with Gasteiger partial charge in [0, 0.05) is 43.2 Å². The Labute approximate surface area is 344 Å². The molecule has 9 N–H and O–H groups in total. The Bertz CT molecular complexity index is 1760. The number of methoxy groups -OCH3 is 1. The van der Waals surface area contributed by atoms with Crippen LogP contribution < -0.4 is 20.3 Å². The Morgan fingerprint density at radius 3 is 1.93 bits per heavy atom. The Morgan fingerprint density at radius 1 is 0.780 bits per heavy atom. The van der Waals surface area contributed by atoms with Crippen molar-refractivity contribution >= 4 is 23.4 Å². The largest absolute Gasteiger partial charge is 0.507 e. The van der Waals surface area contributed by atoms with E-state index in [4.69, 9.17) is 9.84 Å². The zero-order valence-corrected chi connectivity index (χ0v) is 33.6. The molecule has 59 heavy (non-hydrogen) atoms. The minimum Gasteiger partial charge on any atom is -0.507 e. The highest BCUT2D eigenvalue weighted by molar-refractivity contribution is 6.03. The second-order valence-electron chi connectivity index (χ2n) is 15.2. The standard InChI is InChI=1S/C44H60FN3O11/c1-59-32-20-21-33(36(51)24-32)41-34(22-23-35(50)29-14-16-30(45)17-15-29)44(58)48(41)31-18-12-28(13-19-31)25-46-39(54)10-8-6-4-2-3-5-7-9-11-40(55)47-26-37(52)42(56)43(57)38(53)27-49/h12-21,24,34-35,37-38,41-43,49-53,56-57H,2-11,22-23,25-27H2,1H3,(H,46,54)(H,47,55)/t34?,35-,37-,38+,41+,42+,43+/m0/s1. The van der Waals surface area contributed by atoms with Crippen LogP contribution in [-0.2, 0) is 20.9 Å². The molecule has 1 aliphatic rings. The third-order valence-electron chi connectivity index (χ3n) is 10.9. The highest BCUT2D eigenvalue weighted by Gasteiger charge is 2.49. The number of nitrogens with one attached hydrogen (secondary N) is 2. The quantitative estimate of drug-likeness (QED) is 0.0418. The summed E-state index contributed by atoms with van der Waals surface area (Å²) in [6.07, 6.45) is 1.03. The molecule has 0 radical (unpaired) electrons. The molecule has 3 aromatic rings. The first-order valence-corrected chi connectivity index (χ1v) is 20.4. The molecule has 0 aromatic heterocycles. The topological polar surface area (TPSA) is 229 Å². The van der Waals surface area contributed by atoms with Gasteiger partial charge in [-0.05, 0) is 73.2 Å². The summed E-state index contributed by atoms with van der Waals surface area (Å²) in [5.74, 6) is -0.937. The molecule has 3 amide bonds. The zero-order valence-electron chi connectivity index (χ0n) is 33.6. The van der Waals surface area contributed by atoms with Crippen LogP contribution in [0.25, 0.3) is 0 Å². The number of anilines is 1. The molecule has 0 bridgehead atoms. The van der Waals surface area contributed by atoms with E-state index in [9.17, 15) is 49.4 Å². The zero-order chi connectivity index (χ0) is 42.9. The monoisotopic (exact) mass is 825 g/mol. The number of benzene rings is 3. The number of ether oxygens (including phenoxy) is 1. The molecule has 3 aromatic carbocycles. The Kier molecular flexibility index (Phi) is 19.0. The Morgan fingerprint density at radius 2 is 1.36 bits per heavy atom. The van der Waals surface area contributed by atoms with Crippen LogP contribution in [0.4, 0.5) is 10.1 Å². The Hall–Kier alpha value is -4.64. The van der Waals surface area contributed by atoms with Gasteiger partial charge in [-0.25, -0.2) is 4.39 Å².